The molecule has 70 heavy (non-hydrogen) atoms. The summed E-state index contributed by atoms with van der Waals surface area (Å²) in [6.45, 7) is 4.89. The van der Waals surface area contributed by atoms with Crippen LogP contribution in [-0.2, 0) is 14.3 Å². The van der Waals surface area contributed by atoms with Gasteiger partial charge >= 0.3 is 5.97 Å². The lowest BCUT2D eigenvalue weighted by Crippen LogP contribution is -2.45. The monoisotopic (exact) mass is 986 g/mol. The molecule has 0 aromatic rings. The van der Waals surface area contributed by atoms with E-state index in [4.69, 9.17) is 4.74 Å². The molecule has 414 valence electrons. The van der Waals surface area contributed by atoms with Crippen molar-refractivity contribution in [1.82, 2.24) is 5.32 Å². The lowest BCUT2D eigenvalue weighted by molar-refractivity contribution is -0.143. The van der Waals surface area contributed by atoms with Gasteiger partial charge in [0.2, 0.25) is 5.91 Å². The summed E-state index contributed by atoms with van der Waals surface area (Å²) in [5.74, 6) is -0.0929. The average Bonchev–Trinajstić information content (AvgIpc) is 3.36. The largest absolute Gasteiger partial charge is 0.466 e. The molecule has 0 spiro atoms. The third kappa shape index (κ3) is 55.7. The van der Waals surface area contributed by atoms with Gasteiger partial charge in [-0.15, -0.1) is 0 Å². The molecule has 2 unspecified atom stereocenters. The average molecular weight is 987 g/mol. The fourth-order valence-corrected chi connectivity index (χ4v) is 9.87. The molecule has 0 aliphatic rings. The van der Waals surface area contributed by atoms with Gasteiger partial charge in [0.25, 0.3) is 0 Å². The highest BCUT2D eigenvalue weighted by Crippen LogP contribution is 2.18. The molecule has 0 bridgehead atoms. The fourth-order valence-electron chi connectivity index (χ4n) is 9.87. The van der Waals surface area contributed by atoms with E-state index >= 15 is 0 Å². The number of unbranched alkanes of at least 4 members (excludes halogenated alkanes) is 46. The number of aliphatic hydroxyl groups excluding tert-OH is 2. The van der Waals surface area contributed by atoms with Gasteiger partial charge in [-0.1, -0.05) is 301 Å². The predicted octanol–water partition coefficient (Wildman–Crippen LogP) is 19.8. The summed E-state index contributed by atoms with van der Waals surface area (Å²) in [5.41, 5.74) is 0. The van der Waals surface area contributed by atoms with Crippen molar-refractivity contribution < 1.29 is 24.5 Å². The molecule has 0 aromatic heterocycles. The number of allylic oxidation sites excluding steroid dienone is 3. The van der Waals surface area contributed by atoms with E-state index in [1.165, 1.54) is 263 Å². The van der Waals surface area contributed by atoms with Gasteiger partial charge < -0.3 is 20.3 Å². The van der Waals surface area contributed by atoms with Gasteiger partial charge in [0.15, 0.2) is 0 Å². The van der Waals surface area contributed by atoms with E-state index in [0.29, 0.717) is 19.4 Å². The normalized spacial score (nSPS) is 12.7. The molecule has 0 radical (unpaired) electrons. The van der Waals surface area contributed by atoms with Crippen LogP contribution in [-0.4, -0.2) is 47.4 Å². The highest BCUT2D eigenvalue weighted by atomic mass is 16.5. The second-order valence-electron chi connectivity index (χ2n) is 21.7. The molecule has 0 saturated heterocycles. The van der Waals surface area contributed by atoms with Gasteiger partial charge in [0.05, 0.1) is 25.4 Å². The Hall–Kier alpha value is -1.66. The second-order valence-corrected chi connectivity index (χ2v) is 21.7. The van der Waals surface area contributed by atoms with Crippen LogP contribution in [0.2, 0.25) is 0 Å². The number of amides is 1. The number of esters is 1. The summed E-state index contributed by atoms with van der Waals surface area (Å²) in [4.78, 5) is 24.6. The highest BCUT2D eigenvalue weighted by Gasteiger charge is 2.18. The fraction of sp³-hybridized carbons (Fsp3) is 0.906. The van der Waals surface area contributed by atoms with Crippen molar-refractivity contribution in [2.24, 2.45) is 0 Å². The number of hydrogen-bond donors (Lipinski definition) is 3. The van der Waals surface area contributed by atoms with Crippen LogP contribution in [0.15, 0.2) is 24.3 Å². The Morgan fingerprint density at radius 3 is 1.01 bits per heavy atom. The number of rotatable bonds is 59. The number of hydrogen-bond acceptors (Lipinski definition) is 5. The minimum absolute atomic E-state index is 0.0127. The summed E-state index contributed by atoms with van der Waals surface area (Å²) in [6.07, 6.45) is 73.5. The maximum atomic E-state index is 12.5. The van der Waals surface area contributed by atoms with E-state index < -0.39 is 12.1 Å². The van der Waals surface area contributed by atoms with Crippen LogP contribution in [0, 0.1) is 0 Å². The lowest BCUT2D eigenvalue weighted by Gasteiger charge is -2.20. The van der Waals surface area contributed by atoms with E-state index in [1.54, 1.807) is 6.08 Å². The quantitative estimate of drug-likeness (QED) is 0.0321. The number of aliphatic hydroxyl groups is 2. The van der Waals surface area contributed by atoms with E-state index in [-0.39, 0.29) is 18.5 Å². The van der Waals surface area contributed by atoms with Crippen molar-refractivity contribution in [3.05, 3.63) is 24.3 Å². The van der Waals surface area contributed by atoms with E-state index in [2.05, 4.69) is 31.3 Å². The van der Waals surface area contributed by atoms with Gasteiger partial charge in [-0.2, -0.15) is 0 Å². The zero-order valence-electron chi connectivity index (χ0n) is 47.3. The molecule has 0 fully saturated rings. The molecular formula is C64H123NO5. The highest BCUT2D eigenvalue weighted by molar-refractivity contribution is 5.76. The third-order valence-corrected chi connectivity index (χ3v) is 14.7. The molecule has 6 nitrogen and oxygen atoms in total. The van der Waals surface area contributed by atoms with Crippen molar-refractivity contribution in [3.8, 4) is 0 Å². The molecule has 1 amide bonds. The van der Waals surface area contributed by atoms with Gasteiger partial charge in [0.1, 0.15) is 0 Å². The Bertz CT molecular complexity index is 1090. The van der Waals surface area contributed by atoms with Crippen molar-refractivity contribution in [2.45, 2.75) is 360 Å². The van der Waals surface area contributed by atoms with Crippen LogP contribution < -0.4 is 5.32 Å². The first-order chi connectivity index (χ1) is 34.5. The van der Waals surface area contributed by atoms with Crippen molar-refractivity contribution in [1.29, 1.82) is 0 Å². The minimum Gasteiger partial charge on any atom is -0.466 e. The Labute approximate surface area is 437 Å². The Morgan fingerprint density at radius 1 is 0.386 bits per heavy atom. The second kappa shape index (κ2) is 59.9. The van der Waals surface area contributed by atoms with Gasteiger partial charge in [0, 0.05) is 12.8 Å². The standard InChI is InChI=1S/C64H123NO5/c1-3-5-7-9-11-13-15-17-19-21-23-24-25-26-27-28-30-32-36-40-44-48-52-56-62(67)61(60-66)65-63(68)57-53-49-45-41-37-34-35-39-43-47-51-55-59-70-64(69)58-54-50-46-42-38-33-31-29-22-20-18-16-14-12-10-8-6-4-2/h20,22,52,56,61-62,66-67H,3-19,21,23-51,53-55,57-60H2,1-2H3,(H,65,68)/b22-20-,56-52+. The van der Waals surface area contributed by atoms with Crippen LogP contribution in [0.5, 0.6) is 0 Å². The Kier molecular flexibility index (Phi) is 58.5. The van der Waals surface area contributed by atoms with Crippen LogP contribution in [0.4, 0.5) is 0 Å². The first kappa shape index (κ1) is 68.3. The molecule has 0 heterocycles. The molecule has 2 atom stereocenters. The molecule has 0 aliphatic carbocycles. The predicted molar refractivity (Wildman–Crippen MR) is 306 cm³/mol. The molecule has 0 aromatic carbocycles. The van der Waals surface area contributed by atoms with Crippen molar-refractivity contribution in [2.75, 3.05) is 13.2 Å². The first-order valence-corrected chi connectivity index (χ1v) is 31.6. The zero-order chi connectivity index (χ0) is 50.7. The number of carbonyl (C=O) groups is 2. The zero-order valence-corrected chi connectivity index (χ0v) is 47.3. The van der Waals surface area contributed by atoms with Crippen LogP contribution >= 0.6 is 0 Å². The molecule has 0 saturated carbocycles. The van der Waals surface area contributed by atoms with Gasteiger partial charge in [-0.25, -0.2) is 0 Å². The van der Waals surface area contributed by atoms with Crippen molar-refractivity contribution in [3.63, 3.8) is 0 Å². The van der Waals surface area contributed by atoms with E-state index in [0.717, 1.165) is 57.8 Å². The molecular weight excluding hydrogens is 863 g/mol. The first-order valence-electron chi connectivity index (χ1n) is 31.6. The van der Waals surface area contributed by atoms with Crippen LogP contribution in [0.25, 0.3) is 0 Å². The lowest BCUT2D eigenvalue weighted by atomic mass is 10.0. The number of ether oxygens (including phenoxy) is 1. The smallest absolute Gasteiger partial charge is 0.305 e. The summed E-state index contributed by atoms with van der Waals surface area (Å²) in [5, 5.41) is 23.2. The third-order valence-electron chi connectivity index (χ3n) is 14.7. The maximum absolute atomic E-state index is 12.5. The summed E-state index contributed by atoms with van der Waals surface area (Å²) < 4.78 is 5.48. The summed E-state index contributed by atoms with van der Waals surface area (Å²) in [7, 11) is 0. The minimum atomic E-state index is -0.856. The molecule has 0 rings (SSSR count). The molecule has 3 N–H and O–H groups in total. The van der Waals surface area contributed by atoms with Crippen molar-refractivity contribution >= 4 is 11.9 Å². The Balaban J connectivity index is 3.47. The van der Waals surface area contributed by atoms with E-state index in [9.17, 15) is 19.8 Å². The van der Waals surface area contributed by atoms with Crippen LogP contribution in [0.3, 0.4) is 0 Å². The number of carbonyl (C=O) groups excluding carboxylic acids is 2. The topological polar surface area (TPSA) is 95.9 Å². The molecule has 0 aliphatic heterocycles. The SMILES string of the molecule is CCCCCCCCC/C=C\CCCCCCCCCC(=O)OCCCCCCCCCCCCCCC(=O)NC(CO)C(O)/C=C/CCCCCCCCCCCCCCCCCCCCCCC. The summed E-state index contributed by atoms with van der Waals surface area (Å²) >= 11 is 0. The van der Waals surface area contributed by atoms with E-state index in [1.807, 2.05) is 6.08 Å². The maximum Gasteiger partial charge on any atom is 0.305 e. The number of nitrogens with one attached hydrogen (secondary N) is 1. The summed E-state index contributed by atoms with van der Waals surface area (Å²) in [6, 6.07) is -0.641. The van der Waals surface area contributed by atoms with Crippen LogP contribution in [0.1, 0.15) is 348 Å². The Morgan fingerprint density at radius 2 is 0.671 bits per heavy atom. The van der Waals surface area contributed by atoms with Gasteiger partial charge in [-0.3, -0.25) is 9.59 Å². The molecule has 6 heteroatoms. The van der Waals surface area contributed by atoms with Gasteiger partial charge in [-0.05, 0) is 57.8 Å².